The minimum absolute atomic E-state index is 0.295. The summed E-state index contributed by atoms with van der Waals surface area (Å²) >= 11 is 0. The summed E-state index contributed by atoms with van der Waals surface area (Å²) in [7, 11) is 0. The minimum atomic E-state index is 0.295. The summed E-state index contributed by atoms with van der Waals surface area (Å²) in [5.41, 5.74) is 1.05. The lowest BCUT2D eigenvalue weighted by Gasteiger charge is -2.12. The van der Waals surface area contributed by atoms with Gasteiger partial charge < -0.3 is 9.73 Å². The second kappa shape index (κ2) is 6.02. The zero-order valence-electron chi connectivity index (χ0n) is 13.6. The zero-order valence-corrected chi connectivity index (χ0v) is 13.6. The SMILES string of the molecule is CC(C)c1cc(NCc2nnc(C3CC3)o2)nc(C(C)C)n1. The Balaban J connectivity index is 1.72. The largest absolute Gasteiger partial charge is 0.423 e. The molecule has 1 aliphatic carbocycles. The van der Waals surface area contributed by atoms with Crippen molar-refractivity contribution in [1.29, 1.82) is 0 Å². The summed E-state index contributed by atoms with van der Waals surface area (Å²) in [6, 6.07) is 1.99. The molecule has 0 saturated heterocycles. The topological polar surface area (TPSA) is 76.7 Å². The average Bonchev–Trinajstić information content (AvgIpc) is 3.23. The van der Waals surface area contributed by atoms with Gasteiger partial charge in [0.25, 0.3) is 0 Å². The second-order valence-corrected chi connectivity index (χ2v) is 6.51. The van der Waals surface area contributed by atoms with Crippen LogP contribution in [0.2, 0.25) is 0 Å². The van der Waals surface area contributed by atoms with Crippen LogP contribution in [0.1, 0.15) is 81.6 Å². The lowest BCUT2D eigenvalue weighted by molar-refractivity contribution is 0.456. The van der Waals surface area contributed by atoms with Crippen LogP contribution in [-0.4, -0.2) is 20.2 Å². The predicted octanol–water partition coefficient (Wildman–Crippen LogP) is 3.60. The van der Waals surface area contributed by atoms with Crippen molar-refractivity contribution in [1.82, 2.24) is 20.2 Å². The van der Waals surface area contributed by atoms with Crippen LogP contribution in [0.15, 0.2) is 10.5 Å². The first-order valence-electron chi connectivity index (χ1n) is 7.98. The summed E-state index contributed by atoms with van der Waals surface area (Å²) in [5, 5.41) is 11.5. The Labute approximate surface area is 130 Å². The van der Waals surface area contributed by atoms with Gasteiger partial charge in [0, 0.05) is 23.6 Å². The van der Waals surface area contributed by atoms with Gasteiger partial charge in [0.2, 0.25) is 11.8 Å². The summed E-state index contributed by atoms with van der Waals surface area (Å²) in [4.78, 5) is 9.19. The molecule has 1 fully saturated rings. The Kier molecular flexibility index (Phi) is 4.09. The average molecular weight is 301 g/mol. The van der Waals surface area contributed by atoms with E-state index in [1.54, 1.807) is 0 Å². The molecule has 118 valence electrons. The molecule has 0 aliphatic heterocycles. The summed E-state index contributed by atoms with van der Waals surface area (Å²) < 4.78 is 5.66. The quantitative estimate of drug-likeness (QED) is 0.878. The Morgan fingerprint density at radius 2 is 1.91 bits per heavy atom. The van der Waals surface area contributed by atoms with E-state index in [4.69, 9.17) is 4.42 Å². The van der Waals surface area contributed by atoms with Crippen LogP contribution in [-0.2, 0) is 6.54 Å². The number of nitrogens with one attached hydrogen (secondary N) is 1. The monoisotopic (exact) mass is 301 g/mol. The minimum Gasteiger partial charge on any atom is -0.423 e. The maximum atomic E-state index is 5.66. The summed E-state index contributed by atoms with van der Waals surface area (Å²) in [6.45, 7) is 8.96. The molecule has 6 nitrogen and oxygen atoms in total. The van der Waals surface area contributed by atoms with Crippen LogP contribution in [0.5, 0.6) is 0 Å². The van der Waals surface area contributed by atoms with Crippen LogP contribution in [0.4, 0.5) is 5.82 Å². The highest BCUT2D eigenvalue weighted by Gasteiger charge is 2.29. The van der Waals surface area contributed by atoms with E-state index in [0.29, 0.717) is 30.2 Å². The maximum absolute atomic E-state index is 5.66. The van der Waals surface area contributed by atoms with E-state index < -0.39 is 0 Å². The lowest BCUT2D eigenvalue weighted by atomic mass is 10.1. The molecule has 2 heterocycles. The molecule has 0 radical (unpaired) electrons. The molecule has 2 aromatic heterocycles. The molecule has 0 amide bonds. The van der Waals surface area contributed by atoms with Crippen LogP contribution in [0.3, 0.4) is 0 Å². The highest BCUT2D eigenvalue weighted by molar-refractivity contribution is 5.37. The van der Waals surface area contributed by atoms with Crippen LogP contribution < -0.4 is 5.32 Å². The van der Waals surface area contributed by atoms with Crippen molar-refractivity contribution in [2.45, 2.75) is 64.8 Å². The molecular formula is C16H23N5O. The van der Waals surface area contributed by atoms with E-state index in [-0.39, 0.29) is 0 Å². The molecule has 3 rings (SSSR count). The highest BCUT2D eigenvalue weighted by atomic mass is 16.4. The normalized spacial score (nSPS) is 14.8. The molecule has 6 heteroatoms. The molecule has 0 atom stereocenters. The van der Waals surface area contributed by atoms with E-state index >= 15 is 0 Å². The van der Waals surface area contributed by atoms with Crippen molar-refractivity contribution >= 4 is 5.82 Å². The van der Waals surface area contributed by atoms with Gasteiger partial charge in [-0.15, -0.1) is 10.2 Å². The molecule has 1 aliphatic rings. The van der Waals surface area contributed by atoms with E-state index in [2.05, 4.69) is 53.2 Å². The van der Waals surface area contributed by atoms with Crippen LogP contribution in [0, 0.1) is 0 Å². The molecule has 1 saturated carbocycles. The molecule has 22 heavy (non-hydrogen) atoms. The first-order valence-corrected chi connectivity index (χ1v) is 7.98. The van der Waals surface area contributed by atoms with Gasteiger partial charge in [0.05, 0.1) is 6.54 Å². The highest BCUT2D eigenvalue weighted by Crippen LogP contribution is 2.39. The van der Waals surface area contributed by atoms with Gasteiger partial charge in [-0.1, -0.05) is 27.7 Å². The Bertz CT molecular complexity index is 619. The Morgan fingerprint density at radius 3 is 2.55 bits per heavy atom. The number of nitrogens with zero attached hydrogens (tertiary/aromatic N) is 4. The molecule has 0 aromatic carbocycles. The van der Waals surface area contributed by atoms with Gasteiger partial charge in [-0.3, -0.25) is 0 Å². The lowest BCUT2D eigenvalue weighted by Crippen LogP contribution is -2.08. The number of rotatable bonds is 6. The van der Waals surface area contributed by atoms with Gasteiger partial charge in [-0.25, -0.2) is 9.97 Å². The van der Waals surface area contributed by atoms with Crippen molar-refractivity contribution in [2.75, 3.05) is 5.32 Å². The van der Waals surface area contributed by atoms with Crippen molar-refractivity contribution < 1.29 is 4.42 Å². The van der Waals surface area contributed by atoms with Crippen LogP contribution in [0.25, 0.3) is 0 Å². The number of aromatic nitrogens is 4. The predicted molar refractivity (Wildman–Crippen MR) is 83.8 cm³/mol. The molecule has 0 spiro atoms. The summed E-state index contributed by atoms with van der Waals surface area (Å²) in [5.74, 6) is 4.20. The van der Waals surface area contributed by atoms with Crippen molar-refractivity contribution in [3.05, 3.63) is 29.4 Å². The smallest absolute Gasteiger partial charge is 0.235 e. The van der Waals surface area contributed by atoms with Crippen molar-refractivity contribution in [2.24, 2.45) is 0 Å². The third-order valence-corrected chi connectivity index (χ3v) is 3.70. The first kappa shape index (κ1) is 14.9. The fraction of sp³-hybridized carbons (Fsp3) is 0.625. The van der Waals surface area contributed by atoms with Crippen molar-refractivity contribution in [3.63, 3.8) is 0 Å². The fourth-order valence-electron chi connectivity index (χ4n) is 2.13. The van der Waals surface area contributed by atoms with Gasteiger partial charge >= 0.3 is 0 Å². The van der Waals surface area contributed by atoms with Gasteiger partial charge in [0.1, 0.15) is 11.6 Å². The number of hydrogen-bond donors (Lipinski definition) is 1. The fourth-order valence-corrected chi connectivity index (χ4v) is 2.13. The first-order chi connectivity index (χ1) is 10.5. The van der Waals surface area contributed by atoms with E-state index in [9.17, 15) is 0 Å². The molecule has 2 aromatic rings. The molecule has 0 bridgehead atoms. The van der Waals surface area contributed by atoms with Gasteiger partial charge in [-0.05, 0) is 18.8 Å². The zero-order chi connectivity index (χ0) is 15.7. The van der Waals surface area contributed by atoms with E-state index in [1.807, 2.05) is 6.07 Å². The number of anilines is 1. The standard InChI is InChI=1S/C16H23N5O/c1-9(2)12-7-13(19-15(18-12)10(3)4)17-8-14-20-21-16(22-14)11-5-6-11/h7,9-11H,5-6,8H2,1-4H3,(H,17,18,19). The Hall–Kier alpha value is -1.98. The van der Waals surface area contributed by atoms with Gasteiger partial charge in [-0.2, -0.15) is 0 Å². The Morgan fingerprint density at radius 1 is 1.14 bits per heavy atom. The second-order valence-electron chi connectivity index (χ2n) is 6.51. The third-order valence-electron chi connectivity index (χ3n) is 3.70. The van der Waals surface area contributed by atoms with Crippen molar-refractivity contribution in [3.8, 4) is 0 Å². The summed E-state index contributed by atoms with van der Waals surface area (Å²) in [6.07, 6.45) is 2.33. The number of hydrogen-bond acceptors (Lipinski definition) is 6. The molecular weight excluding hydrogens is 278 g/mol. The van der Waals surface area contributed by atoms with E-state index in [0.717, 1.165) is 36.1 Å². The van der Waals surface area contributed by atoms with Crippen LogP contribution >= 0.6 is 0 Å². The van der Waals surface area contributed by atoms with E-state index in [1.165, 1.54) is 0 Å². The third kappa shape index (κ3) is 3.43. The molecule has 0 unspecified atom stereocenters. The molecule has 1 N–H and O–H groups in total. The van der Waals surface area contributed by atoms with Gasteiger partial charge in [0.15, 0.2) is 0 Å². The maximum Gasteiger partial charge on any atom is 0.235 e.